The van der Waals surface area contributed by atoms with Crippen LogP contribution in [0.5, 0.6) is 0 Å². The quantitative estimate of drug-likeness (QED) is 0.737. The first-order chi connectivity index (χ1) is 8.79. The molecule has 0 bridgehead atoms. The fourth-order valence-corrected chi connectivity index (χ4v) is 3.63. The summed E-state index contributed by atoms with van der Waals surface area (Å²) in [5.74, 6) is 0. The van der Waals surface area contributed by atoms with E-state index >= 15 is 0 Å². The van der Waals surface area contributed by atoms with Gasteiger partial charge in [-0.25, -0.2) is 0 Å². The van der Waals surface area contributed by atoms with Crippen LogP contribution in [0.2, 0.25) is 0 Å². The molecule has 2 rings (SSSR count). The van der Waals surface area contributed by atoms with Crippen LogP contribution in [-0.4, -0.2) is 49.3 Å². The Bertz CT molecular complexity index is 239. The lowest BCUT2D eigenvalue weighted by atomic mass is 9.91. The number of nitrogens with one attached hydrogen (secondary N) is 1. The van der Waals surface area contributed by atoms with Crippen molar-refractivity contribution in [2.75, 3.05) is 32.8 Å². The standard InChI is InChI=1S/C15H30N2O/c1-3-7-14-12-16-15(8-5-6-9-15)13-17(14)10-11-18-4-2/h14,16H,3-13H2,1-2H3. The number of ether oxygens (including phenoxy) is 1. The lowest BCUT2D eigenvalue weighted by Crippen LogP contribution is -2.63. The highest BCUT2D eigenvalue weighted by Crippen LogP contribution is 2.33. The molecule has 3 heteroatoms. The van der Waals surface area contributed by atoms with Crippen molar-refractivity contribution in [2.45, 2.75) is 64.0 Å². The largest absolute Gasteiger partial charge is 0.380 e. The van der Waals surface area contributed by atoms with Crippen molar-refractivity contribution in [3.8, 4) is 0 Å². The van der Waals surface area contributed by atoms with Crippen LogP contribution >= 0.6 is 0 Å². The molecule has 1 saturated carbocycles. The van der Waals surface area contributed by atoms with Gasteiger partial charge in [0.05, 0.1) is 6.61 Å². The fraction of sp³-hybridized carbons (Fsp3) is 1.00. The minimum atomic E-state index is 0.441. The zero-order chi connectivity index (χ0) is 12.8. The average Bonchev–Trinajstić information content (AvgIpc) is 2.82. The van der Waals surface area contributed by atoms with E-state index in [0.717, 1.165) is 25.8 Å². The van der Waals surface area contributed by atoms with E-state index in [1.165, 1.54) is 51.6 Å². The highest BCUT2D eigenvalue weighted by Gasteiger charge is 2.40. The molecule has 0 aromatic carbocycles. The Morgan fingerprint density at radius 3 is 2.72 bits per heavy atom. The Hall–Kier alpha value is -0.120. The van der Waals surface area contributed by atoms with E-state index in [1.807, 2.05) is 0 Å². The molecule has 1 spiro atoms. The summed E-state index contributed by atoms with van der Waals surface area (Å²) in [7, 11) is 0. The summed E-state index contributed by atoms with van der Waals surface area (Å²) in [6.07, 6.45) is 8.16. The lowest BCUT2D eigenvalue weighted by Gasteiger charge is -2.46. The number of piperazine rings is 1. The monoisotopic (exact) mass is 254 g/mol. The first kappa shape index (κ1) is 14.3. The van der Waals surface area contributed by atoms with Gasteiger partial charge in [-0.1, -0.05) is 26.2 Å². The molecule has 2 fully saturated rings. The highest BCUT2D eigenvalue weighted by atomic mass is 16.5. The van der Waals surface area contributed by atoms with Gasteiger partial charge in [0, 0.05) is 37.8 Å². The fourth-order valence-electron chi connectivity index (χ4n) is 3.63. The predicted molar refractivity (Wildman–Crippen MR) is 76.0 cm³/mol. The van der Waals surface area contributed by atoms with Crippen LogP contribution in [0.25, 0.3) is 0 Å². The van der Waals surface area contributed by atoms with Crippen LogP contribution in [0, 0.1) is 0 Å². The third-order valence-electron chi connectivity index (χ3n) is 4.64. The molecule has 0 amide bonds. The highest BCUT2D eigenvalue weighted by molar-refractivity contribution is 5.00. The molecule has 1 aliphatic carbocycles. The Morgan fingerprint density at radius 2 is 2.06 bits per heavy atom. The third-order valence-corrected chi connectivity index (χ3v) is 4.64. The molecule has 2 aliphatic rings. The van der Waals surface area contributed by atoms with Gasteiger partial charge in [-0.05, 0) is 26.2 Å². The van der Waals surface area contributed by atoms with Gasteiger partial charge >= 0.3 is 0 Å². The maximum Gasteiger partial charge on any atom is 0.0593 e. The van der Waals surface area contributed by atoms with Crippen LogP contribution in [0.3, 0.4) is 0 Å². The van der Waals surface area contributed by atoms with Crippen LogP contribution in [0.15, 0.2) is 0 Å². The maximum absolute atomic E-state index is 5.55. The summed E-state index contributed by atoms with van der Waals surface area (Å²) < 4.78 is 5.55. The molecule has 1 heterocycles. The second kappa shape index (κ2) is 6.88. The number of hydrogen-bond acceptors (Lipinski definition) is 3. The van der Waals surface area contributed by atoms with Crippen molar-refractivity contribution in [1.29, 1.82) is 0 Å². The van der Waals surface area contributed by atoms with Gasteiger partial charge in [0.2, 0.25) is 0 Å². The van der Waals surface area contributed by atoms with Gasteiger partial charge in [-0.3, -0.25) is 4.90 Å². The van der Waals surface area contributed by atoms with Crippen molar-refractivity contribution in [1.82, 2.24) is 10.2 Å². The van der Waals surface area contributed by atoms with Gasteiger partial charge in [-0.2, -0.15) is 0 Å². The van der Waals surface area contributed by atoms with E-state index < -0.39 is 0 Å². The zero-order valence-corrected chi connectivity index (χ0v) is 12.2. The SMILES string of the molecule is CCCC1CNC2(CCCC2)CN1CCOCC. The minimum absolute atomic E-state index is 0.441. The van der Waals surface area contributed by atoms with E-state index in [1.54, 1.807) is 0 Å². The molecule has 1 atom stereocenters. The molecule has 0 radical (unpaired) electrons. The van der Waals surface area contributed by atoms with Crippen molar-refractivity contribution in [3.63, 3.8) is 0 Å². The molecule has 1 saturated heterocycles. The molecule has 1 aliphatic heterocycles. The Morgan fingerprint density at radius 1 is 1.28 bits per heavy atom. The summed E-state index contributed by atoms with van der Waals surface area (Å²) >= 11 is 0. The van der Waals surface area contributed by atoms with Gasteiger partial charge in [0.15, 0.2) is 0 Å². The van der Waals surface area contributed by atoms with E-state index in [4.69, 9.17) is 4.74 Å². The average molecular weight is 254 g/mol. The van der Waals surface area contributed by atoms with E-state index in [0.29, 0.717) is 5.54 Å². The van der Waals surface area contributed by atoms with Gasteiger partial charge in [0.25, 0.3) is 0 Å². The summed E-state index contributed by atoms with van der Waals surface area (Å²) in [6, 6.07) is 0.724. The summed E-state index contributed by atoms with van der Waals surface area (Å²) in [4.78, 5) is 2.70. The number of rotatable bonds is 6. The van der Waals surface area contributed by atoms with Gasteiger partial charge in [0.1, 0.15) is 0 Å². The molecule has 3 nitrogen and oxygen atoms in total. The number of hydrogen-bond donors (Lipinski definition) is 1. The third kappa shape index (κ3) is 3.46. The summed E-state index contributed by atoms with van der Waals surface area (Å²) in [6.45, 7) is 9.65. The van der Waals surface area contributed by atoms with Crippen LogP contribution < -0.4 is 5.32 Å². The van der Waals surface area contributed by atoms with Crippen molar-refractivity contribution < 1.29 is 4.74 Å². The molecule has 106 valence electrons. The molecule has 18 heavy (non-hydrogen) atoms. The maximum atomic E-state index is 5.55. The topological polar surface area (TPSA) is 24.5 Å². The Kier molecular flexibility index (Phi) is 5.46. The molecular formula is C15H30N2O. The van der Waals surface area contributed by atoms with E-state index in [2.05, 4.69) is 24.1 Å². The summed E-state index contributed by atoms with van der Waals surface area (Å²) in [5.41, 5.74) is 0.441. The van der Waals surface area contributed by atoms with Crippen molar-refractivity contribution in [3.05, 3.63) is 0 Å². The molecule has 0 aromatic rings. The molecular weight excluding hydrogens is 224 g/mol. The molecule has 1 unspecified atom stereocenters. The zero-order valence-electron chi connectivity index (χ0n) is 12.2. The Balaban J connectivity index is 1.89. The van der Waals surface area contributed by atoms with Crippen molar-refractivity contribution >= 4 is 0 Å². The second-order valence-corrected chi connectivity index (χ2v) is 5.98. The first-order valence-corrected chi connectivity index (χ1v) is 7.86. The minimum Gasteiger partial charge on any atom is -0.380 e. The predicted octanol–water partition coefficient (Wildman–Crippen LogP) is 2.41. The Labute approximate surface area is 112 Å². The van der Waals surface area contributed by atoms with Gasteiger partial charge < -0.3 is 10.1 Å². The van der Waals surface area contributed by atoms with Crippen LogP contribution in [-0.2, 0) is 4.74 Å². The van der Waals surface area contributed by atoms with E-state index in [9.17, 15) is 0 Å². The second-order valence-electron chi connectivity index (χ2n) is 5.98. The lowest BCUT2D eigenvalue weighted by molar-refractivity contribution is 0.0414. The van der Waals surface area contributed by atoms with Crippen LogP contribution in [0.1, 0.15) is 52.4 Å². The van der Waals surface area contributed by atoms with E-state index in [-0.39, 0.29) is 0 Å². The molecule has 1 N–H and O–H groups in total. The number of nitrogens with zero attached hydrogens (tertiary/aromatic N) is 1. The normalized spacial score (nSPS) is 28.0. The molecule has 0 aromatic heterocycles. The smallest absolute Gasteiger partial charge is 0.0593 e. The van der Waals surface area contributed by atoms with Crippen molar-refractivity contribution in [2.24, 2.45) is 0 Å². The summed E-state index contributed by atoms with van der Waals surface area (Å²) in [5, 5.41) is 3.87. The van der Waals surface area contributed by atoms with Gasteiger partial charge in [-0.15, -0.1) is 0 Å². The van der Waals surface area contributed by atoms with Crippen LogP contribution in [0.4, 0.5) is 0 Å². The first-order valence-electron chi connectivity index (χ1n) is 7.86.